The summed E-state index contributed by atoms with van der Waals surface area (Å²) in [5, 5.41) is 22.6. The van der Waals surface area contributed by atoms with Crippen molar-refractivity contribution in [3.05, 3.63) is 29.8 Å². The van der Waals surface area contributed by atoms with Gasteiger partial charge in [-0.05, 0) is 36.8 Å². The molecule has 2 N–H and O–H groups in total. The number of rotatable bonds is 1. The average Bonchev–Trinajstić information content (AvgIpc) is 2.97. The summed E-state index contributed by atoms with van der Waals surface area (Å²) in [5.41, 5.74) is 2.51. The summed E-state index contributed by atoms with van der Waals surface area (Å²) in [5.74, 6) is 1.14. The molecule has 1 aliphatic carbocycles. The van der Waals surface area contributed by atoms with Crippen molar-refractivity contribution in [2.75, 3.05) is 11.9 Å². The molecule has 5 fully saturated rings. The van der Waals surface area contributed by atoms with Crippen LogP contribution in [0.25, 0.3) is 0 Å². The van der Waals surface area contributed by atoms with E-state index in [9.17, 15) is 10.2 Å². The van der Waals surface area contributed by atoms with Crippen LogP contribution in [-0.2, 0) is 5.41 Å². The van der Waals surface area contributed by atoms with Gasteiger partial charge < -0.3 is 15.1 Å². The number of likely N-dealkylation sites (N-methyl/N-ethyl adjacent to an activating group) is 1. The van der Waals surface area contributed by atoms with E-state index < -0.39 is 0 Å². The highest BCUT2D eigenvalue weighted by Crippen LogP contribution is 2.68. The van der Waals surface area contributed by atoms with Crippen LogP contribution < -0.4 is 4.90 Å². The predicted molar refractivity (Wildman–Crippen MR) is 99.0 cm³/mol. The van der Waals surface area contributed by atoms with Crippen LogP contribution in [0.4, 0.5) is 5.69 Å². The maximum absolute atomic E-state index is 11.6. The molecule has 1 aromatic carbocycles. The number of anilines is 1. The number of fused-ring (bicyclic) bond motifs is 2. The molecule has 6 aliphatic rings. The Labute approximate surface area is 155 Å². The Balaban J connectivity index is 0.00000140. The fourth-order valence-electron chi connectivity index (χ4n) is 7.88. The van der Waals surface area contributed by atoms with Gasteiger partial charge in [0.15, 0.2) is 0 Å². The second-order valence-electron chi connectivity index (χ2n) is 8.81. The zero-order valence-corrected chi connectivity index (χ0v) is 15.6. The van der Waals surface area contributed by atoms with E-state index in [0.29, 0.717) is 35.9 Å². The topological polar surface area (TPSA) is 46.9 Å². The molecule has 5 heterocycles. The molecule has 0 aromatic heterocycles. The summed E-state index contributed by atoms with van der Waals surface area (Å²) in [6, 6.07) is 9.70. The number of halogens is 1. The standard InChI is InChI=1S/C20H26N2O2.ClH/c1-3-10-11-8-14-17-20(12-6-4-5-7-13(12)21(17)2)9-15(16(11)18(20)23)22(14)19(10)24;/h4-7,10-11,14-19,23-24H,3,8-9H2,1-2H3;1H. The fraction of sp³-hybridized carbons (Fsp3) is 0.700. The minimum absolute atomic E-state index is 0. The molecule has 1 spiro atoms. The van der Waals surface area contributed by atoms with Crippen molar-refractivity contribution in [3.8, 4) is 0 Å². The number of para-hydroxylation sites is 1. The lowest BCUT2D eigenvalue weighted by Crippen LogP contribution is -2.72. The third kappa shape index (κ3) is 1.50. The van der Waals surface area contributed by atoms with Gasteiger partial charge in [-0.3, -0.25) is 4.90 Å². The first-order valence-electron chi connectivity index (χ1n) is 9.57. The number of piperidine rings is 4. The van der Waals surface area contributed by atoms with Crippen LogP contribution in [0.1, 0.15) is 31.7 Å². The largest absolute Gasteiger partial charge is 0.392 e. The second-order valence-corrected chi connectivity index (χ2v) is 8.81. The van der Waals surface area contributed by atoms with Gasteiger partial charge in [0.1, 0.15) is 6.23 Å². The molecule has 4 nitrogen and oxygen atoms in total. The minimum Gasteiger partial charge on any atom is -0.392 e. The highest BCUT2D eigenvalue weighted by Gasteiger charge is 2.76. The molecule has 5 aliphatic heterocycles. The zero-order chi connectivity index (χ0) is 16.4. The van der Waals surface area contributed by atoms with Crippen LogP contribution in [0.2, 0.25) is 0 Å². The number of benzene rings is 1. The molecule has 1 aromatic rings. The fourth-order valence-corrected chi connectivity index (χ4v) is 7.88. The average molecular weight is 363 g/mol. The molecule has 25 heavy (non-hydrogen) atoms. The molecular weight excluding hydrogens is 336 g/mol. The third-order valence-electron chi connectivity index (χ3n) is 8.46. The van der Waals surface area contributed by atoms with Crippen molar-refractivity contribution < 1.29 is 10.2 Å². The van der Waals surface area contributed by atoms with Crippen LogP contribution in [0, 0.1) is 17.8 Å². The van der Waals surface area contributed by atoms with Crippen LogP contribution in [0.3, 0.4) is 0 Å². The smallest absolute Gasteiger partial charge is 0.111 e. The van der Waals surface area contributed by atoms with Crippen molar-refractivity contribution in [1.82, 2.24) is 4.90 Å². The van der Waals surface area contributed by atoms with E-state index in [2.05, 4.69) is 48.0 Å². The van der Waals surface area contributed by atoms with E-state index in [4.69, 9.17) is 0 Å². The Hall–Kier alpha value is -0.810. The Bertz CT molecular complexity index is 729. The lowest BCUT2D eigenvalue weighted by atomic mass is 9.62. The highest BCUT2D eigenvalue weighted by atomic mass is 35.5. The van der Waals surface area contributed by atoms with E-state index in [1.807, 2.05) is 0 Å². The molecule has 4 saturated heterocycles. The number of nitrogens with zero attached hydrogens (tertiary/aromatic N) is 2. The normalized spacial score (nSPS) is 53.6. The quantitative estimate of drug-likeness (QED) is 0.802. The van der Waals surface area contributed by atoms with Gasteiger partial charge in [-0.1, -0.05) is 25.1 Å². The minimum atomic E-state index is -0.319. The second kappa shape index (κ2) is 4.92. The number of hydrogen-bond donors (Lipinski definition) is 2. The molecule has 136 valence electrons. The highest BCUT2D eigenvalue weighted by molar-refractivity contribution is 5.85. The number of aliphatic hydroxyl groups is 2. The zero-order valence-electron chi connectivity index (χ0n) is 14.7. The predicted octanol–water partition coefficient (Wildman–Crippen LogP) is 1.98. The molecule has 0 amide bonds. The van der Waals surface area contributed by atoms with Gasteiger partial charge in [0.05, 0.1) is 12.1 Å². The molecule has 0 radical (unpaired) electrons. The molecule has 1 saturated carbocycles. The van der Waals surface area contributed by atoms with Gasteiger partial charge in [0.25, 0.3) is 0 Å². The van der Waals surface area contributed by atoms with E-state index in [0.717, 1.165) is 19.3 Å². The summed E-state index contributed by atoms with van der Waals surface area (Å²) >= 11 is 0. The molecular formula is C20H27ClN2O2. The lowest BCUT2D eigenvalue weighted by Gasteiger charge is -2.62. The maximum atomic E-state index is 11.6. The van der Waals surface area contributed by atoms with Crippen LogP contribution in [0.5, 0.6) is 0 Å². The molecule has 10 atom stereocenters. The Morgan fingerprint density at radius 2 is 1.96 bits per heavy atom. The summed E-state index contributed by atoms with van der Waals surface area (Å²) in [7, 11) is 2.19. The molecule has 7 rings (SSSR count). The van der Waals surface area contributed by atoms with Crippen molar-refractivity contribution in [2.45, 2.75) is 62.1 Å². The monoisotopic (exact) mass is 362 g/mol. The van der Waals surface area contributed by atoms with Crippen molar-refractivity contribution in [2.24, 2.45) is 17.8 Å². The van der Waals surface area contributed by atoms with Crippen LogP contribution in [-0.4, -0.2) is 52.6 Å². The van der Waals surface area contributed by atoms with Gasteiger partial charge in [0, 0.05) is 42.1 Å². The first-order valence-corrected chi connectivity index (χ1v) is 9.57. The van der Waals surface area contributed by atoms with Crippen molar-refractivity contribution >= 4 is 18.1 Å². The van der Waals surface area contributed by atoms with Gasteiger partial charge in [-0.2, -0.15) is 0 Å². The Morgan fingerprint density at radius 3 is 2.72 bits per heavy atom. The summed E-state index contributed by atoms with van der Waals surface area (Å²) in [6.07, 6.45) is 2.56. The Kier molecular flexibility index (Phi) is 3.22. The van der Waals surface area contributed by atoms with Gasteiger partial charge in [-0.15, -0.1) is 12.4 Å². The van der Waals surface area contributed by atoms with Gasteiger partial charge in [0.2, 0.25) is 0 Å². The Morgan fingerprint density at radius 1 is 1.20 bits per heavy atom. The summed E-state index contributed by atoms with van der Waals surface area (Å²) < 4.78 is 0. The van der Waals surface area contributed by atoms with Gasteiger partial charge in [-0.25, -0.2) is 0 Å². The van der Waals surface area contributed by atoms with Gasteiger partial charge >= 0.3 is 0 Å². The molecule has 5 heteroatoms. The van der Waals surface area contributed by atoms with Crippen LogP contribution >= 0.6 is 12.4 Å². The van der Waals surface area contributed by atoms with Crippen LogP contribution in [0.15, 0.2) is 24.3 Å². The molecule has 10 unspecified atom stereocenters. The van der Waals surface area contributed by atoms with E-state index in [-0.39, 0.29) is 30.2 Å². The summed E-state index contributed by atoms with van der Waals surface area (Å²) in [4.78, 5) is 4.83. The summed E-state index contributed by atoms with van der Waals surface area (Å²) in [6.45, 7) is 2.19. The van der Waals surface area contributed by atoms with Crippen molar-refractivity contribution in [3.63, 3.8) is 0 Å². The molecule has 5 bridgehead atoms. The SMILES string of the molecule is CCC1C2CC3C4N(C)c5ccccc5C45CC(C2C5O)N3C1O.Cl. The number of aliphatic hydroxyl groups excluding tert-OH is 2. The lowest BCUT2D eigenvalue weighted by molar-refractivity contribution is -0.211. The maximum Gasteiger partial charge on any atom is 0.111 e. The van der Waals surface area contributed by atoms with Crippen molar-refractivity contribution in [1.29, 1.82) is 0 Å². The third-order valence-corrected chi connectivity index (χ3v) is 8.46. The van der Waals surface area contributed by atoms with E-state index in [1.54, 1.807) is 0 Å². The van der Waals surface area contributed by atoms with E-state index >= 15 is 0 Å². The first-order chi connectivity index (χ1) is 11.6. The number of hydrogen-bond acceptors (Lipinski definition) is 4. The first kappa shape index (κ1) is 16.4. The van der Waals surface area contributed by atoms with E-state index in [1.165, 1.54) is 11.3 Å².